The van der Waals surface area contributed by atoms with Gasteiger partial charge in [0.15, 0.2) is 0 Å². The molecule has 0 unspecified atom stereocenters. The third-order valence-electron chi connectivity index (χ3n) is 5.23. The first-order chi connectivity index (χ1) is 10.2. The predicted octanol–water partition coefficient (Wildman–Crippen LogP) is 1.85. The molecule has 1 saturated heterocycles. The minimum atomic E-state index is 0.153. The molecular formula is C17H23N3O. The Morgan fingerprint density at radius 3 is 2.95 bits per heavy atom. The molecule has 3 aliphatic rings. The van der Waals surface area contributed by atoms with Crippen LogP contribution in [0.3, 0.4) is 0 Å². The first-order valence-corrected chi connectivity index (χ1v) is 8.14. The lowest BCUT2D eigenvalue weighted by atomic mass is 9.98. The molecule has 2 heterocycles. The topological polar surface area (TPSA) is 58.4 Å². The summed E-state index contributed by atoms with van der Waals surface area (Å²) in [5.74, 6) is 1.43. The number of anilines is 1. The van der Waals surface area contributed by atoms with E-state index in [0.29, 0.717) is 12.5 Å². The Kier molecular flexibility index (Phi) is 3.14. The monoisotopic (exact) mass is 285 g/mol. The van der Waals surface area contributed by atoms with Crippen molar-refractivity contribution in [2.45, 2.75) is 31.7 Å². The van der Waals surface area contributed by atoms with E-state index >= 15 is 0 Å². The summed E-state index contributed by atoms with van der Waals surface area (Å²) in [6.07, 6.45) is 4.79. The molecule has 0 aromatic heterocycles. The first kappa shape index (κ1) is 13.1. The van der Waals surface area contributed by atoms with Crippen LogP contribution in [0.25, 0.3) is 0 Å². The lowest BCUT2D eigenvalue weighted by Crippen LogP contribution is -2.33. The molecule has 4 heteroatoms. The molecule has 1 aliphatic carbocycles. The number of nitrogens with one attached hydrogen (secondary N) is 1. The van der Waals surface area contributed by atoms with Crippen molar-refractivity contribution in [1.82, 2.24) is 4.90 Å². The highest BCUT2D eigenvalue weighted by atomic mass is 16.2. The zero-order valence-corrected chi connectivity index (χ0v) is 12.3. The number of nitrogens with two attached hydrogens (primary N) is 1. The van der Waals surface area contributed by atoms with Crippen LogP contribution in [0.5, 0.6) is 0 Å². The highest BCUT2D eigenvalue weighted by Crippen LogP contribution is 2.41. The van der Waals surface area contributed by atoms with Crippen LogP contribution in [0.4, 0.5) is 5.69 Å². The second kappa shape index (κ2) is 5.02. The largest absolute Gasteiger partial charge is 0.384 e. The first-order valence-electron chi connectivity index (χ1n) is 8.14. The number of benzene rings is 1. The molecule has 0 bridgehead atoms. The van der Waals surface area contributed by atoms with Gasteiger partial charge in [0, 0.05) is 25.7 Å². The molecule has 1 aromatic carbocycles. The number of carbonyl (C=O) groups is 1. The van der Waals surface area contributed by atoms with E-state index in [1.165, 1.54) is 18.4 Å². The van der Waals surface area contributed by atoms with E-state index < -0.39 is 0 Å². The summed E-state index contributed by atoms with van der Waals surface area (Å²) in [7, 11) is 0. The Hall–Kier alpha value is -1.55. The lowest BCUT2D eigenvalue weighted by Gasteiger charge is -2.23. The zero-order valence-electron chi connectivity index (χ0n) is 12.3. The van der Waals surface area contributed by atoms with E-state index in [2.05, 4.69) is 11.4 Å². The molecule has 21 heavy (non-hydrogen) atoms. The van der Waals surface area contributed by atoms with Crippen LogP contribution in [0.15, 0.2) is 18.2 Å². The maximum atomic E-state index is 12.9. The summed E-state index contributed by atoms with van der Waals surface area (Å²) in [6, 6.07) is 6.25. The Balaban J connectivity index is 1.58. The number of rotatable bonds is 2. The van der Waals surface area contributed by atoms with Crippen LogP contribution in [0.2, 0.25) is 0 Å². The number of nitrogens with zero attached hydrogens (tertiary/aromatic N) is 1. The maximum absolute atomic E-state index is 12.9. The van der Waals surface area contributed by atoms with Crippen molar-refractivity contribution in [1.29, 1.82) is 0 Å². The maximum Gasteiger partial charge on any atom is 0.256 e. The fourth-order valence-electron chi connectivity index (χ4n) is 3.90. The summed E-state index contributed by atoms with van der Waals surface area (Å²) < 4.78 is 0. The smallest absolute Gasteiger partial charge is 0.256 e. The van der Waals surface area contributed by atoms with E-state index in [0.717, 1.165) is 43.1 Å². The lowest BCUT2D eigenvalue weighted by molar-refractivity contribution is 0.0785. The van der Waals surface area contributed by atoms with Crippen LogP contribution in [0.1, 0.15) is 35.2 Å². The number of aryl methyl sites for hydroxylation is 1. The summed E-state index contributed by atoms with van der Waals surface area (Å²) in [5.41, 5.74) is 9.41. The molecule has 0 spiro atoms. The van der Waals surface area contributed by atoms with Crippen molar-refractivity contribution in [2.75, 3.05) is 25.0 Å². The highest BCUT2D eigenvalue weighted by Gasteiger charge is 2.42. The Bertz CT molecular complexity index is 567. The van der Waals surface area contributed by atoms with Crippen molar-refractivity contribution in [3.8, 4) is 0 Å². The van der Waals surface area contributed by atoms with Gasteiger partial charge in [-0.2, -0.15) is 0 Å². The standard InChI is InChI=1S/C17H23N3O/c18-15-10-20(9-14(15)11-6-7-11)17(21)13-5-1-3-12-4-2-8-19-16(12)13/h1,3,5,11,14-15,19H,2,4,6-10,18H2/t14-,15+/m1/s1. The number of amides is 1. The number of hydrogen-bond donors (Lipinski definition) is 2. The average Bonchev–Trinajstić information content (AvgIpc) is 3.28. The number of hydrogen-bond acceptors (Lipinski definition) is 3. The Morgan fingerprint density at radius 2 is 2.14 bits per heavy atom. The van der Waals surface area contributed by atoms with E-state index in [1.54, 1.807) is 0 Å². The van der Waals surface area contributed by atoms with Gasteiger partial charge < -0.3 is 16.0 Å². The molecule has 2 fully saturated rings. The highest BCUT2D eigenvalue weighted by molar-refractivity contribution is 6.00. The summed E-state index contributed by atoms with van der Waals surface area (Å²) in [5, 5.41) is 3.41. The quantitative estimate of drug-likeness (QED) is 0.872. The van der Waals surface area contributed by atoms with Gasteiger partial charge in [0.2, 0.25) is 0 Å². The van der Waals surface area contributed by atoms with Gasteiger partial charge in [-0.1, -0.05) is 12.1 Å². The number of carbonyl (C=O) groups excluding carboxylic acids is 1. The van der Waals surface area contributed by atoms with Gasteiger partial charge in [-0.25, -0.2) is 0 Å². The van der Waals surface area contributed by atoms with Crippen molar-refractivity contribution >= 4 is 11.6 Å². The fraction of sp³-hybridized carbons (Fsp3) is 0.588. The minimum Gasteiger partial charge on any atom is -0.384 e. The van der Waals surface area contributed by atoms with Crippen LogP contribution in [0, 0.1) is 11.8 Å². The number of likely N-dealkylation sites (tertiary alicyclic amines) is 1. The van der Waals surface area contributed by atoms with E-state index in [1.807, 2.05) is 17.0 Å². The van der Waals surface area contributed by atoms with Crippen molar-refractivity contribution in [3.63, 3.8) is 0 Å². The van der Waals surface area contributed by atoms with Gasteiger partial charge in [0.25, 0.3) is 5.91 Å². The number of fused-ring (bicyclic) bond motifs is 1. The molecule has 0 radical (unpaired) electrons. The minimum absolute atomic E-state index is 0.153. The van der Waals surface area contributed by atoms with Gasteiger partial charge in [-0.15, -0.1) is 0 Å². The van der Waals surface area contributed by atoms with Crippen LogP contribution >= 0.6 is 0 Å². The van der Waals surface area contributed by atoms with Crippen LogP contribution in [-0.2, 0) is 6.42 Å². The van der Waals surface area contributed by atoms with Crippen molar-refractivity contribution < 1.29 is 4.79 Å². The number of para-hydroxylation sites is 1. The SMILES string of the molecule is N[C@H]1CN(C(=O)c2cccc3c2NCCC3)C[C@@H]1C1CC1. The third kappa shape index (κ3) is 2.31. The predicted molar refractivity (Wildman–Crippen MR) is 83.3 cm³/mol. The fourth-order valence-corrected chi connectivity index (χ4v) is 3.90. The molecule has 1 aromatic rings. The average molecular weight is 285 g/mol. The molecule has 3 N–H and O–H groups in total. The normalized spacial score (nSPS) is 28.1. The molecule has 2 atom stereocenters. The van der Waals surface area contributed by atoms with E-state index in [9.17, 15) is 4.79 Å². The van der Waals surface area contributed by atoms with Gasteiger partial charge in [0.05, 0.1) is 11.3 Å². The Labute approximate surface area is 125 Å². The molecule has 4 rings (SSSR count). The molecule has 1 saturated carbocycles. The summed E-state index contributed by atoms with van der Waals surface area (Å²) >= 11 is 0. The third-order valence-corrected chi connectivity index (χ3v) is 5.23. The van der Waals surface area contributed by atoms with Crippen LogP contribution in [-0.4, -0.2) is 36.5 Å². The zero-order chi connectivity index (χ0) is 14.4. The van der Waals surface area contributed by atoms with Gasteiger partial charge in [-0.05, 0) is 49.1 Å². The van der Waals surface area contributed by atoms with Gasteiger partial charge in [-0.3, -0.25) is 4.79 Å². The van der Waals surface area contributed by atoms with Gasteiger partial charge >= 0.3 is 0 Å². The van der Waals surface area contributed by atoms with Crippen LogP contribution < -0.4 is 11.1 Å². The second-order valence-corrected chi connectivity index (χ2v) is 6.75. The summed E-state index contributed by atoms with van der Waals surface area (Å²) in [4.78, 5) is 14.9. The van der Waals surface area contributed by atoms with E-state index in [4.69, 9.17) is 5.73 Å². The summed E-state index contributed by atoms with van der Waals surface area (Å²) in [6.45, 7) is 2.51. The van der Waals surface area contributed by atoms with E-state index in [-0.39, 0.29) is 11.9 Å². The molecule has 1 amide bonds. The van der Waals surface area contributed by atoms with Gasteiger partial charge in [0.1, 0.15) is 0 Å². The second-order valence-electron chi connectivity index (χ2n) is 6.75. The van der Waals surface area contributed by atoms with Crippen molar-refractivity contribution in [3.05, 3.63) is 29.3 Å². The molecule has 112 valence electrons. The Morgan fingerprint density at radius 1 is 1.29 bits per heavy atom. The molecule has 4 nitrogen and oxygen atoms in total. The molecule has 2 aliphatic heterocycles. The van der Waals surface area contributed by atoms with Crippen molar-refractivity contribution in [2.24, 2.45) is 17.6 Å². The molecular weight excluding hydrogens is 262 g/mol.